The summed E-state index contributed by atoms with van der Waals surface area (Å²) >= 11 is 3.64. The average molecular weight is 291 g/mol. The van der Waals surface area contributed by atoms with Crippen LogP contribution in [-0.4, -0.2) is 36.9 Å². The van der Waals surface area contributed by atoms with Gasteiger partial charge in [0.25, 0.3) is 0 Å². The number of rotatable bonds is 1. The van der Waals surface area contributed by atoms with E-state index in [-0.39, 0.29) is 23.7 Å². The fourth-order valence-electron chi connectivity index (χ4n) is 3.55. The zero-order valence-electron chi connectivity index (χ0n) is 9.15. The highest BCUT2D eigenvalue weighted by Crippen LogP contribution is 2.60. The summed E-state index contributed by atoms with van der Waals surface area (Å²) < 4.78 is 16.4. The van der Waals surface area contributed by atoms with E-state index in [4.69, 9.17) is 14.2 Å². The second kappa shape index (κ2) is 3.68. The molecule has 1 saturated heterocycles. The van der Waals surface area contributed by atoms with Gasteiger partial charge in [0.05, 0.1) is 26.2 Å². The fourth-order valence-corrected chi connectivity index (χ4v) is 4.47. The SMILES string of the molecule is COC(=O)[C@H]1[C@H]2CC3(OCCO3)[C@H]1C[C@@H]2Br. The van der Waals surface area contributed by atoms with E-state index in [1.165, 1.54) is 7.11 Å². The fraction of sp³-hybridized carbons (Fsp3) is 0.909. The lowest BCUT2D eigenvalue weighted by Gasteiger charge is -2.33. The van der Waals surface area contributed by atoms with Gasteiger partial charge >= 0.3 is 5.97 Å². The number of esters is 1. The highest BCUT2D eigenvalue weighted by molar-refractivity contribution is 9.09. The van der Waals surface area contributed by atoms with Crippen LogP contribution >= 0.6 is 15.9 Å². The van der Waals surface area contributed by atoms with E-state index in [1.807, 2.05) is 0 Å². The van der Waals surface area contributed by atoms with Crippen molar-refractivity contribution in [3.63, 3.8) is 0 Å². The molecule has 1 aliphatic heterocycles. The molecule has 0 aromatic rings. The van der Waals surface area contributed by atoms with Crippen LogP contribution in [0.1, 0.15) is 12.8 Å². The summed E-state index contributed by atoms with van der Waals surface area (Å²) in [5.41, 5.74) is 0. The Morgan fingerprint density at radius 3 is 2.75 bits per heavy atom. The number of fused-ring (bicyclic) bond motifs is 3. The molecule has 0 radical (unpaired) electrons. The first-order valence-corrected chi connectivity index (χ1v) is 6.59. The van der Waals surface area contributed by atoms with Crippen LogP contribution in [0.15, 0.2) is 0 Å². The lowest BCUT2D eigenvalue weighted by atomic mass is 9.93. The molecule has 2 aliphatic carbocycles. The molecule has 90 valence electrons. The van der Waals surface area contributed by atoms with Crippen molar-refractivity contribution in [2.45, 2.75) is 23.5 Å². The minimum absolute atomic E-state index is 0.0625. The lowest BCUT2D eigenvalue weighted by molar-refractivity contribution is -0.195. The number of hydrogen-bond acceptors (Lipinski definition) is 4. The molecule has 0 N–H and O–H groups in total. The van der Waals surface area contributed by atoms with Gasteiger partial charge in [-0.05, 0) is 12.3 Å². The zero-order valence-corrected chi connectivity index (χ0v) is 10.7. The van der Waals surface area contributed by atoms with Gasteiger partial charge in [-0.2, -0.15) is 0 Å². The zero-order chi connectivity index (χ0) is 11.3. The Morgan fingerprint density at radius 2 is 2.12 bits per heavy atom. The molecule has 3 fully saturated rings. The summed E-state index contributed by atoms with van der Waals surface area (Å²) in [6.45, 7) is 1.29. The molecule has 3 rings (SSSR count). The first-order chi connectivity index (χ1) is 7.68. The second-order valence-electron chi connectivity index (χ2n) is 4.78. The first kappa shape index (κ1) is 11.0. The third-order valence-corrected chi connectivity index (χ3v) is 5.23. The molecule has 16 heavy (non-hydrogen) atoms. The number of ether oxygens (including phenoxy) is 3. The van der Waals surface area contributed by atoms with Gasteiger partial charge in [-0.25, -0.2) is 0 Å². The predicted octanol–water partition coefficient (Wildman–Crippen LogP) is 1.32. The highest BCUT2D eigenvalue weighted by atomic mass is 79.9. The van der Waals surface area contributed by atoms with Crippen molar-refractivity contribution in [1.82, 2.24) is 0 Å². The predicted molar refractivity (Wildman–Crippen MR) is 59.1 cm³/mol. The Kier molecular flexibility index (Phi) is 2.53. The van der Waals surface area contributed by atoms with Gasteiger partial charge in [-0.3, -0.25) is 4.79 Å². The van der Waals surface area contributed by atoms with E-state index in [0.717, 1.165) is 12.8 Å². The van der Waals surface area contributed by atoms with Crippen molar-refractivity contribution in [3.8, 4) is 0 Å². The van der Waals surface area contributed by atoms with Crippen LogP contribution in [0.5, 0.6) is 0 Å². The summed E-state index contributed by atoms with van der Waals surface area (Å²) in [4.78, 5) is 12.2. The third-order valence-electron chi connectivity index (χ3n) is 4.17. The molecule has 0 amide bonds. The summed E-state index contributed by atoms with van der Waals surface area (Å²) in [6.07, 6.45) is 1.75. The van der Waals surface area contributed by atoms with E-state index < -0.39 is 5.79 Å². The maximum atomic E-state index is 11.8. The van der Waals surface area contributed by atoms with Gasteiger partial charge < -0.3 is 14.2 Å². The smallest absolute Gasteiger partial charge is 0.309 e. The number of halogens is 1. The maximum Gasteiger partial charge on any atom is 0.309 e. The van der Waals surface area contributed by atoms with Crippen molar-refractivity contribution >= 4 is 21.9 Å². The van der Waals surface area contributed by atoms with Gasteiger partial charge in [0.1, 0.15) is 0 Å². The van der Waals surface area contributed by atoms with Crippen molar-refractivity contribution < 1.29 is 19.0 Å². The molecule has 4 nitrogen and oxygen atoms in total. The number of hydrogen-bond donors (Lipinski definition) is 0. The van der Waals surface area contributed by atoms with Crippen LogP contribution in [0.25, 0.3) is 0 Å². The minimum atomic E-state index is -0.492. The molecule has 4 atom stereocenters. The second-order valence-corrected chi connectivity index (χ2v) is 5.96. The summed E-state index contributed by atoms with van der Waals surface area (Å²) in [7, 11) is 1.45. The Labute approximate surface area is 103 Å². The number of methoxy groups -OCH3 is 1. The van der Waals surface area contributed by atoms with E-state index >= 15 is 0 Å². The molecule has 2 bridgehead atoms. The Bertz CT molecular complexity index is 313. The molecule has 3 aliphatic rings. The summed E-state index contributed by atoms with van der Waals surface area (Å²) in [5, 5.41) is 0. The molecular formula is C11H15BrO4. The Hall–Kier alpha value is -0.130. The quantitative estimate of drug-likeness (QED) is 0.540. The standard InChI is InChI=1S/C11H15BrO4/c1-14-10(13)9-6-5-11(15-2-3-16-11)7(9)4-8(6)12/h6-9H,2-5H2,1H3/t6-,7-,8-,9-/m0/s1. The van der Waals surface area contributed by atoms with Gasteiger partial charge in [0.15, 0.2) is 5.79 Å². The van der Waals surface area contributed by atoms with Gasteiger partial charge in [-0.15, -0.1) is 0 Å². The molecular weight excluding hydrogens is 276 g/mol. The highest BCUT2D eigenvalue weighted by Gasteiger charge is 2.65. The number of carbonyl (C=O) groups excluding carboxylic acids is 1. The molecule has 0 aromatic heterocycles. The number of carbonyl (C=O) groups is 1. The largest absolute Gasteiger partial charge is 0.469 e. The van der Waals surface area contributed by atoms with Crippen LogP contribution in [0.4, 0.5) is 0 Å². The molecule has 5 heteroatoms. The normalized spacial score (nSPS) is 44.1. The van der Waals surface area contributed by atoms with Gasteiger partial charge in [0, 0.05) is 17.2 Å². The lowest BCUT2D eigenvalue weighted by Crippen LogP contribution is -2.39. The van der Waals surface area contributed by atoms with Crippen LogP contribution in [0, 0.1) is 17.8 Å². The van der Waals surface area contributed by atoms with Crippen molar-refractivity contribution in [2.75, 3.05) is 20.3 Å². The van der Waals surface area contributed by atoms with E-state index in [0.29, 0.717) is 18.0 Å². The van der Waals surface area contributed by atoms with Crippen LogP contribution in [-0.2, 0) is 19.0 Å². The summed E-state index contributed by atoms with van der Waals surface area (Å²) in [6, 6.07) is 0. The molecule has 0 aromatic carbocycles. The van der Waals surface area contributed by atoms with E-state index in [9.17, 15) is 4.79 Å². The van der Waals surface area contributed by atoms with Gasteiger partial charge in [0.2, 0.25) is 0 Å². The molecule has 0 unspecified atom stereocenters. The Morgan fingerprint density at radius 1 is 1.44 bits per heavy atom. The van der Waals surface area contributed by atoms with Crippen molar-refractivity contribution in [3.05, 3.63) is 0 Å². The van der Waals surface area contributed by atoms with Crippen LogP contribution < -0.4 is 0 Å². The number of alkyl halides is 1. The topological polar surface area (TPSA) is 44.8 Å². The van der Waals surface area contributed by atoms with E-state index in [2.05, 4.69) is 15.9 Å². The van der Waals surface area contributed by atoms with Gasteiger partial charge in [-0.1, -0.05) is 15.9 Å². The van der Waals surface area contributed by atoms with E-state index in [1.54, 1.807) is 0 Å². The maximum absolute atomic E-state index is 11.8. The minimum Gasteiger partial charge on any atom is -0.469 e. The Balaban J connectivity index is 1.89. The van der Waals surface area contributed by atoms with Crippen molar-refractivity contribution in [1.29, 1.82) is 0 Å². The van der Waals surface area contributed by atoms with Crippen LogP contribution in [0.2, 0.25) is 0 Å². The average Bonchev–Trinajstić information content (AvgIpc) is 2.93. The summed E-state index contributed by atoms with van der Waals surface area (Å²) in [5.74, 6) is -0.235. The third kappa shape index (κ3) is 1.31. The first-order valence-electron chi connectivity index (χ1n) is 5.68. The van der Waals surface area contributed by atoms with Crippen LogP contribution in [0.3, 0.4) is 0 Å². The van der Waals surface area contributed by atoms with Crippen molar-refractivity contribution in [2.24, 2.45) is 17.8 Å². The molecule has 1 heterocycles. The molecule has 2 saturated carbocycles. The monoisotopic (exact) mass is 290 g/mol. The molecule has 1 spiro atoms.